The highest BCUT2D eigenvalue weighted by molar-refractivity contribution is 7.99. The van der Waals surface area contributed by atoms with Crippen LogP contribution in [0.5, 0.6) is 0 Å². The van der Waals surface area contributed by atoms with Gasteiger partial charge >= 0.3 is 0 Å². The molecule has 16 heavy (non-hydrogen) atoms. The highest BCUT2D eigenvalue weighted by Gasteiger charge is 2.37. The Morgan fingerprint density at radius 1 is 1.25 bits per heavy atom. The van der Waals surface area contributed by atoms with Crippen LogP contribution in [0.25, 0.3) is 0 Å². The van der Waals surface area contributed by atoms with Crippen molar-refractivity contribution in [3.05, 3.63) is 29.8 Å². The molecule has 1 aromatic rings. The van der Waals surface area contributed by atoms with Gasteiger partial charge in [-0.15, -0.1) is 11.8 Å². The molecule has 0 unspecified atom stereocenters. The Morgan fingerprint density at radius 2 is 1.88 bits per heavy atom. The van der Waals surface area contributed by atoms with Crippen molar-refractivity contribution in [3.63, 3.8) is 0 Å². The minimum absolute atomic E-state index is 0.186. The normalized spacial score (nSPS) is 17.8. The summed E-state index contributed by atoms with van der Waals surface area (Å²) in [6, 6.07) is 8.96. The van der Waals surface area contributed by atoms with Gasteiger partial charge < -0.3 is 5.73 Å². The lowest BCUT2D eigenvalue weighted by molar-refractivity contribution is 0.609. The Bertz CT molecular complexity index is 338. The van der Waals surface area contributed by atoms with E-state index < -0.39 is 0 Å². The maximum Gasteiger partial charge on any atom is 0.0158 e. The molecular weight excluding hydrogens is 214 g/mol. The summed E-state index contributed by atoms with van der Waals surface area (Å²) in [6.45, 7) is 4.45. The van der Waals surface area contributed by atoms with Gasteiger partial charge in [-0.25, -0.2) is 0 Å². The number of hydrogen-bond donors (Lipinski definition) is 1. The van der Waals surface area contributed by atoms with E-state index in [1.165, 1.54) is 23.3 Å². The van der Waals surface area contributed by atoms with Crippen LogP contribution in [-0.2, 0) is 6.42 Å². The van der Waals surface area contributed by atoms with Crippen molar-refractivity contribution in [2.75, 3.05) is 0 Å². The largest absolute Gasteiger partial charge is 0.325 e. The van der Waals surface area contributed by atoms with Crippen molar-refractivity contribution in [2.45, 2.75) is 55.2 Å². The molecule has 0 radical (unpaired) electrons. The maximum atomic E-state index is 6.09. The quantitative estimate of drug-likeness (QED) is 0.789. The Morgan fingerprint density at radius 3 is 2.38 bits per heavy atom. The number of rotatable bonds is 5. The molecule has 0 aliphatic heterocycles. The summed E-state index contributed by atoms with van der Waals surface area (Å²) < 4.78 is 0. The monoisotopic (exact) mass is 235 g/mol. The molecule has 0 heterocycles. The first-order valence-corrected chi connectivity index (χ1v) is 7.00. The molecule has 1 aliphatic carbocycles. The Balaban J connectivity index is 1.86. The smallest absolute Gasteiger partial charge is 0.0158 e. The molecule has 1 fully saturated rings. The first kappa shape index (κ1) is 12.0. The third-order valence-electron chi connectivity index (χ3n) is 3.10. The highest BCUT2D eigenvalue weighted by atomic mass is 32.2. The maximum absolute atomic E-state index is 6.09. The van der Waals surface area contributed by atoms with Crippen LogP contribution in [0.1, 0.15) is 38.7 Å². The van der Waals surface area contributed by atoms with Gasteiger partial charge in [-0.3, -0.25) is 0 Å². The average molecular weight is 235 g/mol. The fourth-order valence-electron chi connectivity index (χ4n) is 1.81. The van der Waals surface area contributed by atoms with Gasteiger partial charge in [0.1, 0.15) is 0 Å². The van der Waals surface area contributed by atoms with Crippen molar-refractivity contribution in [3.8, 4) is 0 Å². The molecule has 1 nitrogen and oxygen atoms in total. The SMILES string of the molecule is CC(C)Sc1ccc(CCC2(N)CC2)cc1. The molecule has 0 bridgehead atoms. The predicted molar refractivity (Wildman–Crippen MR) is 71.9 cm³/mol. The molecule has 1 aliphatic rings. The first-order chi connectivity index (χ1) is 7.57. The average Bonchev–Trinajstić information content (AvgIpc) is 2.96. The minimum Gasteiger partial charge on any atom is -0.325 e. The molecule has 2 N–H and O–H groups in total. The third-order valence-corrected chi connectivity index (χ3v) is 4.11. The predicted octanol–water partition coefficient (Wildman–Crippen LogP) is 3.61. The molecule has 0 atom stereocenters. The van der Waals surface area contributed by atoms with Gasteiger partial charge in [-0.2, -0.15) is 0 Å². The van der Waals surface area contributed by atoms with Crippen molar-refractivity contribution >= 4 is 11.8 Å². The van der Waals surface area contributed by atoms with E-state index in [4.69, 9.17) is 5.73 Å². The van der Waals surface area contributed by atoms with Crippen molar-refractivity contribution in [1.29, 1.82) is 0 Å². The van der Waals surface area contributed by atoms with Gasteiger partial charge in [-0.05, 0) is 43.4 Å². The van der Waals surface area contributed by atoms with Crippen LogP contribution < -0.4 is 5.73 Å². The van der Waals surface area contributed by atoms with E-state index in [0.29, 0.717) is 5.25 Å². The van der Waals surface area contributed by atoms with E-state index in [9.17, 15) is 0 Å². The van der Waals surface area contributed by atoms with E-state index in [1.54, 1.807) is 0 Å². The molecule has 0 amide bonds. The van der Waals surface area contributed by atoms with E-state index in [-0.39, 0.29) is 5.54 Å². The molecular formula is C14H21NS. The zero-order valence-corrected chi connectivity index (χ0v) is 11.0. The van der Waals surface area contributed by atoms with Crippen molar-refractivity contribution in [2.24, 2.45) is 5.73 Å². The lowest BCUT2D eigenvalue weighted by Crippen LogP contribution is -2.22. The van der Waals surface area contributed by atoms with Gasteiger partial charge in [-0.1, -0.05) is 26.0 Å². The summed E-state index contributed by atoms with van der Waals surface area (Å²) in [5.74, 6) is 0. The second kappa shape index (κ2) is 4.80. The zero-order chi connectivity index (χ0) is 11.6. The summed E-state index contributed by atoms with van der Waals surface area (Å²) >= 11 is 1.92. The molecule has 1 aromatic carbocycles. The summed E-state index contributed by atoms with van der Waals surface area (Å²) in [5.41, 5.74) is 7.69. The van der Waals surface area contributed by atoms with Gasteiger partial charge in [0.15, 0.2) is 0 Å². The van der Waals surface area contributed by atoms with Gasteiger partial charge in [0.2, 0.25) is 0 Å². The number of aryl methyl sites for hydroxylation is 1. The van der Waals surface area contributed by atoms with Crippen LogP contribution in [0.3, 0.4) is 0 Å². The van der Waals surface area contributed by atoms with E-state index in [1.807, 2.05) is 11.8 Å². The molecule has 2 heteroatoms. The van der Waals surface area contributed by atoms with Gasteiger partial charge in [0, 0.05) is 15.7 Å². The third kappa shape index (κ3) is 3.53. The summed E-state index contributed by atoms with van der Waals surface area (Å²) in [5, 5.41) is 0.657. The van der Waals surface area contributed by atoms with Crippen LogP contribution in [0.2, 0.25) is 0 Å². The second-order valence-electron chi connectivity index (χ2n) is 5.17. The van der Waals surface area contributed by atoms with Crippen LogP contribution in [-0.4, -0.2) is 10.8 Å². The Kier molecular flexibility index (Phi) is 3.60. The summed E-state index contributed by atoms with van der Waals surface area (Å²) in [7, 11) is 0. The topological polar surface area (TPSA) is 26.0 Å². The first-order valence-electron chi connectivity index (χ1n) is 6.12. The zero-order valence-electron chi connectivity index (χ0n) is 10.2. The number of nitrogens with two attached hydrogens (primary N) is 1. The van der Waals surface area contributed by atoms with Gasteiger partial charge in [0.05, 0.1) is 0 Å². The number of benzene rings is 1. The van der Waals surface area contributed by atoms with Gasteiger partial charge in [0.25, 0.3) is 0 Å². The lowest BCUT2D eigenvalue weighted by atomic mass is 10.0. The molecule has 88 valence electrons. The molecule has 0 saturated heterocycles. The van der Waals surface area contributed by atoms with E-state index in [2.05, 4.69) is 38.1 Å². The van der Waals surface area contributed by atoms with Crippen molar-refractivity contribution in [1.82, 2.24) is 0 Å². The Labute approximate surface area is 103 Å². The van der Waals surface area contributed by atoms with Crippen LogP contribution >= 0.6 is 11.8 Å². The van der Waals surface area contributed by atoms with Crippen molar-refractivity contribution < 1.29 is 0 Å². The van der Waals surface area contributed by atoms with Crippen LogP contribution in [0.4, 0.5) is 0 Å². The fraction of sp³-hybridized carbons (Fsp3) is 0.571. The number of hydrogen-bond acceptors (Lipinski definition) is 2. The minimum atomic E-state index is 0.186. The molecule has 0 spiro atoms. The standard InChI is InChI=1S/C14H21NS/c1-11(2)16-13-5-3-12(4-6-13)7-8-14(15)9-10-14/h3-6,11H,7-10,15H2,1-2H3. The van der Waals surface area contributed by atoms with Crippen LogP contribution in [0.15, 0.2) is 29.2 Å². The Hall–Kier alpha value is -0.470. The lowest BCUT2D eigenvalue weighted by Gasteiger charge is -2.09. The highest BCUT2D eigenvalue weighted by Crippen LogP contribution is 2.36. The van der Waals surface area contributed by atoms with E-state index in [0.717, 1.165) is 12.8 Å². The molecule has 1 saturated carbocycles. The number of thioether (sulfide) groups is 1. The fourth-order valence-corrected chi connectivity index (χ4v) is 2.65. The molecule has 2 rings (SSSR count). The second-order valence-corrected chi connectivity index (χ2v) is 6.82. The summed E-state index contributed by atoms with van der Waals surface area (Å²) in [6.07, 6.45) is 4.70. The van der Waals surface area contributed by atoms with E-state index >= 15 is 0 Å². The molecule has 0 aromatic heterocycles. The summed E-state index contributed by atoms with van der Waals surface area (Å²) in [4.78, 5) is 1.37. The van der Waals surface area contributed by atoms with Crippen LogP contribution in [0, 0.1) is 0 Å².